The molecule has 2 heteroatoms. The second-order valence-electron chi connectivity index (χ2n) is 8.38. The summed E-state index contributed by atoms with van der Waals surface area (Å²) in [5, 5.41) is 3.86. The highest BCUT2D eigenvalue weighted by Crippen LogP contribution is 2.42. The van der Waals surface area contributed by atoms with Gasteiger partial charge in [-0.05, 0) is 62.3 Å². The Labute approximate surface area is 132 Å². The molecule has 1 N–H and O–H groups in total. The fourth-order valence-electron chi connectivity index (χ4n) is 4.81. The number of rotatable bonds is 7. The van der Waals surface area contributed by atoms with Gasteiger partial charge in [-0.25, -0.2) is 0 Å². The van der Waals surface area contributed by atoms with E-state index in [1.54, 1.807) is 0 Å². The standard InChI is InChI=1S/C19H36N2/c1-3-18(4-2)12-13-21(15-18)16-19(10-6-5-7-11-19)14-20-17-8-9-17/h17,20H,3-16H2,1-2H3. The molecule has 3 rings (SSSR count). The van der Waals surface area contributed by atoms with Crippen LogP contribution in [0.3, 0.4) is 0 Å². The molecule has 3 aliphatic rings. The largest absolute Gasteiger partial charge is 0.313 e. The minimum absolute atomic E-state index is 0.596. The Balaban J connectivity index is 1.58. The molecule has 0 unspecified atom stereocenters. The van der Waals surface area contributed by atoms with Crippen molar-refractivity contribution >= 4 is 0 Å². The van der Waals surface area contributed by atoms with E-state index in [0.29, 0.717) is 10.8 Å². The zero-order valence-corrected chi connectivity index (χ0v) is 14.4. The van der Waals surface area contributed by atoms with Gasteiger partial charge in [-0.15, -0.1) is 0 Å². The average molecular weight is 293 g/mol. The van der Waals surface area contributed by atoms with Crippen molar-refractivity contribution in [1.29, 1.82) is 0 Å². The summed E-state index contributed by atoms with van der Waals surface area (Å²) >= 11 is 0. The van der Waals surface area contributed by atoms with Gasteiger partial charge >= 0.3 is 0 Å². The maximum atomic E-state index is 3.86. The van der Waals surface area contributed by atoms with Crippen molar-refractivity contribution in [3.8, 4) is 0 Å². The minimum Gasteiger partial charge on any atom is -0.313 e. The SMILES string of the molecule is CCC1(CC)CCN(CC2(CNC3CC3)CCCCC2)C1. The monoisotopic (exact) mass is 292 g/mol. The highest BCUT2D eigenvalue weighted by Gasteiger charge is 2.40. The maximum absolute atomic E-state index is 3.86. The van der Waals surface area contributed by atoms with Crippen LogP contribution < -0.4 is 5.32 Å². The molecule has 0 aromatic carbocycles. The van der Waals surface area contributed by atoms with Crippen LogP contribution in [-0.4, -0.2) is 37.1 Å². The van der Waals surface area contributed by atoms with Crippen molar-refractivity contribution in [2.45, 2.75) is 84.1 Å². The smallest absolute Gasteiger partial charge is 0.00684 e. The van der Waals surface area contributed by atoms with Gasteiger partial charge in [0.25, 0.3) is 0 Å². The number of nitrogens with zero attached hydrogens (tertiary/aromatic N) is 1. The molecular weight excluding hydrogens is 256 g/mol. The van der Waals surface area contributed by atoms with Crippen LogP contribution in [0.2, 0.25) is 0 Å². The van der Waals surface area contributed by atoms with Crippen LogP contribution in [0.1, 0.15) is 78.1 Å². The van der Waals surface area contributed by atoms with Gasteiger partial charge in [0.2, 0.25) is 0 Å². The molecule has 0 amide bonds. The Morgan fingerprint density at radius 1 is 0.952 bits per heavy atom. The lowest BCUT2D eigenvalue weighted by Crippen LogP contribution is -2.45. The van der Waals surface area contributed by atoms with E-state index >= 15 is 0 Å². The normalized spacial score (nSPS) is 28.9. The van der Waals surface area contributed by atoms with Gasteiger partial charge in [-0.1, -0.05) is 33.1 Å². The van der Waals surface area contributed by atoms with E-state index in [0.717, 1.165) is 6.04 Å². The average Bonchev–Trinajstić information content (AvgIpc) is 3.27. The number of nitrogens with one attached hydrogen (secondary N) is 1. The molecule has 21 heavy (non-hydrogen) atoms. The minimum atomic E-state index is 0.596. The van der Waals surface area contributed by atoms with E-state index in [4.69, 9.17) is 0 Å². The first-order valence-corrected chi connectivity index (χ1v) is 9.65. The second-order valence-corrected chi connectivity index (χ2v) is 8.38. The van der Waals surface area contributed by atoms with Gasteiger partial charge in [0.05, 0.1) is 0 Å². The van der Waals surface area contributed by atoms with Crippen molar-refractivity contribution in [3.63, 3.8) is 0 Å². The lowest BCUT2D eigenvalue weighted by atomic mass is 9.73. The molecule has 0 spiro atoms. The van der Waals surface area contributed by atoms with Gasteiger partial charge in [-0.2, -0.15) is 0 Å². The van der Waals surface area contributed by atoms with Crippen molar-refractivity contribution in [2.75, 3.05) is 26.2 Å². The highest BCUT2D eigenvalue weighted by molar-refractivity contribution is 4.95. The molecule has 2 aliphatic carbocycles. The lowest BCUT2D eigenvalue weighted by molar-refractivity contribution is 0.106. The zero-order chi connectivity index (χ0) is 14.8. The zero-order valence-electron chi connectivity index (χ0n) is 14.4. The van der Waals surface area contributed by atoms with Crippen molar-refractivity contribution in [2.24, 2.45) is 10.8 Å². The van der Waals surface area contributed by atoms with Gasteiger partial charge < -0.3 is 10.2 Å². The van der Waals surface area contributed by atoms with E-state index in [9.17, 15) is 0 Å². The Bertz CT molecular complexity index is 324. The maximum Gasteiger partial charge on any atom is 0.00684 e. The Kier molecular flexibility index (Phi) is 4.95. The fourth-order valence-corrected chi connectivity index (χ4v) is 4.81. The second kappa shape index (κ2) is 6.58. The van der Waals surface area contributed by atoms with Crippen LogP contribution in [0.15, 0.2) is 0 Å². The molecule has 1 saturated heterocycles. The van der Waals surface area contributed by atoms with E-state index in [2.05, 4.69) is 24.1 Å². The summed E-state index contributed by atoms with van der Waals surface area (Å²) in [7, 11) is 0. The van der Waals surface area contributed by atoms with Gasteiger partial charge in [0.15, 0.2) is 0 Å². The number of hydrogen-bond donors (Lipinski definition) is 1. The van der Waals surface area contributed by atoms with E-state index < -0.39 is 0 Å². The Morgan fingerprint density at radius 3 is 2.24 bits per heavy atom. The van der Waals surface area contributed by atoms with Gasteiger partial charge in [-0.3, -0.25) is 0 Å². The topological polar surface area (TPSA) is 15.3 Å². The third-order valence-corrected chi connectivity index (χ3v) is 6.83. The predicted octanol–water partition coefficient (Wildman–Crippen LogP) is 4.20. The van der Waals surface area contributed by atoms with Crippen LogP contribution in [-0.2, 0) is 0 Å². The summed E-state index contributed by atoms with van der Waals surface area (Å²) in [6, 6.07) is 0.868. The Hall–Kier alpha value is -0.0800. The molecule has 0 aromatic heterocycles. The van der Waals surface area contributed by atoms with Crippen molar-refractivity contribution in [3.05, 3.63) is 0 Å². The van der Waals surface area contributed by atoms with Crippen molar-refractivity contribution in [1.82, 2.24) is 10.2 Å². The summed E-state index contributed by atoms with van der Waals surface area (Å²) in [6.45, 7) is 10.2. The summed E-state index contributed by atoms with van der Waals surface area (Å²) in [6.07, 6.45) is 14.4. The van der Waals surface area contributed by atoms with Crippen LogP contribution in [0, 0.1) is 10.8 Å². The first-order chi connectivity index (χ1) is 10.2. The molecule has 122 valence electrons. The van der Waals surface area contributed by atoms with Crippen LogP contribution in [0.25, 0.3) is 0 Å². The van der Waals surface area contributed by atoms with Gasteiger partial charge in [0, 0.05) is 25.7 Å². The number of hydrogen-bond acceptors (Lipinski definition) is 2. The third kappa shape index (κ3) is 3.82. The quantitative estimate of drug-likeness (QED) is 0.756. The lowest BCUT2D eigenvalue weighted by Gasteiger charge is -2.41. The summed E-state index contributed by atoms with van der Waals surface area (Å²) in [5.41, 5.74) is 1.23. The molecule has 2 nitrogen and oxygen atoms in total. The molecule has 2 saturated carbocycles. The first-order valence-electron chi connectivity index (χ1n) is 9.65. The van der Waals surface area contributed by atoms with Gasteiger partial charge in [0.1, 0.15) is 0 Å². The van der Waals surface area contributed by atoms with Crippen molar-refractivity contribution < 1.29 is 0 Å². The third-order valence-electron chi connectivity index (χ3n) is 6.83. The molecule has 1 heterocycles. The summed E-state index contributed by atoms with van der Waals surface area (Å²) in [5.74, 6) is 0. The molecule has 0 atom stereocenters. The number of likely N-dealkylation sites (tertiary alicyclic amines) is 1. The molecule has 1 aliphatic heterocycles. The molecule has 0 radical (unpaired) electrons. The van der Waals surface area contributed by atoms with Crippen LogP contribution >= 0.6 is 0 Å². The fraction of sp³-hybridized carbons (Fsp3) is 1.00. The summed E-state index contributed by atoms with van der Waals surface area (Å²) in [4.78, 5) is 2.83. The predicted molar refractivity (Wildman–Crippen MR) is 90.6 cm³/mol. The molecule has 3 fully saturated rings. The highest BCUT2D eigenvalue weighted by atomic mass is 15.2. The van der Waals surface area contributed by atoms with E-state index in [-0.39, 0.29) is 0 Å². The Morgan fingerprint density at radius 2 is 1.67 bits per heavy atom. The first kappa shape index (κ1) is 15.8. The molecule has 0 aromatic rings. The molecular formula is C19H36N2. The van der Waals surface area contributed by atoms with E-state index in [1.807, 2.05) is 0 Å². The molecule has 0 bridgehead atoms. The van der Waals surface area contributed by atoms with Crippen LogP contribution in [0.4, 0.5) is 0 Å². The van der Waals surface area contributed by atoms with Crippen LogP contribution in [0.5, 0.6) is 0 Å². The van der Waals surface area contributed by atoms with E-state index in [1.165, 1.54) is 90.4 Å². The summed E-state index contributed by atoms with van der Waals surface area (Å²) < 4.78 is 0.